The second-order valence-corrected chi connectivity index (χ2v) is 4.96. The van der Waals surface area contributed by atoms with Crippen LogP contribution in [0, 0.1) is 5.82 Å². The van der Waals surface area contributed by atoms with E-state index in [-0.39, 0.29) is 13.0 Å². The van der Waals surface area contributed by atoms with Crippen molar-refractivity contribution in [2.24, 2.45) is 0 Å². The van der Waals surface area contributed by atoms with E-state index in [1.54, 1.807) is 0 Å². The summed E-state index contributed by atoms with van der Waals surface area (Å²) in [7, 11) is 0. The van der Waals surface area contributed by atoms with Crippen LogP contribution >= 0.6 is 0 Å². The Morgan fingerprint density at radius 3 is 2.70 bits per heavy atom. The van der Waals surface area contributed by atoms with Crippen LogP contribution < -0.4 is 11.2 Å². The van der Waals surface area contributed by atoms with Crippen LogP contribution in [0.25, 0.3) is 0 Å². The van der Waals surface area contributed by atoms with E-state index in [0.717, 1.165) is 4.57 Å². The van der Waals surface area contributed by atoms with E-state index in [9.17, 15) is 23.6 Å². The maximum Gasteiger partial charge on any atom is 0.330 e. The molecule has 10 heteroatoms. The smallest absolute Gasteiger partial charge is 0.330 e. The minimum absolute atomic E-state index is 0.0386. The van der Waals surface area contributed by atoms with Gasteiger partial charge >= 0.3 is 17.6 Å². The van der Waals surface area contributed by atoms with Gasteiger partial charge in [0.15, 0.2) is 0 Å². The van der Waals surface area contributed by atoms with E-state index in [1.807, 2.05) is 4.98 Å². The molecule has 0 spiro atoms. The molecular formula is C13H15FN2O7. The number of nitrogens with zero attached hydrogens (tertiary/aromatic N) is 1. The number of ether oxygens (including phenoxy) is 3. The highest BCUT2D eigenvalue weighted by atomic mass is 19.1. The lowest BCUT2D eigenvalue weighted by Crippen LogP contribution is -2.34. The van der Waals surface area contributed by atoms with Gasteiger partial charge in [0.25, 0.3) is 5.56 Å². The van der Waals surface area contributed by atoms with E-state index in [0.29, 0.717) is 6.20 Å². The van der Waals surface area contributed by atoms with Gasteiger partial charge in [-0.1, -0.05) is 0 Å². The molecule has 1 aromatic heterocycles. The summed E-state index contributed by atoms with van der Waals surface area (Å²) in [4.78, 5) is 46.6. The van der Waals surface area contributed by atoms with Gasteiger partial charge in [-0.15, -0.1) is 0 Å². The summed E-state index contributed by atoms with van der Waals surface area (Å²) in [5, 5.41) is 0. The molecule has 9 nitrogen and oxygen atoms in total. The van der Waals surface area contributed by atoms with Gasteiger partial charge in [0.2, 0.25) is 5.82 Å². The first-order valence-corrected chi connectivity index (χ1v) is 6.75. The standard InChI is InChI=1S/C13H15FN2O7/c1-6(17)21-5-10-9(22-7(2)18)3-11(23-10)16-4-8(14)12(19)15-13(16)20/h4,9-11H,3,5H2,1-2H3,(H,15,19,20)/t9-,10+,11-/m0/s1. The van der Waals surface area contributed by atoms with Crippen molar-refractivity contribution < 1.29 is 28.2 Å². The van der Waals surface area contributed by atoms with Crippen LogP contribution in [0.2, 0.25) is 0 Å². The molecule has 0 aliphatic carbocycles. The predicted molar refractivity (Wildman–Crippen MR) is 72.0 cm³/mol. The number of H-pyrrole nitrogens is 1. The van der Waals surface area contributed by atoms with Crippen molar-refractivity contribution in [1.29, 1.82) is 0 Å². The molecule has 3 atom stereocenters. The topological polar surface area (TPSA) is 117 Å². The Morgan fingerprint density at radius 1 is 1.39 bits per heavy atom. The first-order valence-electron chi connectivity index (χ1n) is 6.75. The molecule has 1 fully saturated rings. The van der Waals surface area contributed by atoms with Crippen molar-refractivity contribution in [2.45, 2.75) is 38.7 Å². The van der Waals surface area contributed by atoms with Gasteiger partial charge in [0.1, 0.15) is 25.0 Å². The monoisotopic (exact) mass is 330 g/mol. The number of esters is 2. The predicted octanol–water partition coefficient (Wildman–Crippen LogP) is -0.542. The number of carbonyl (C=O) groups excluding carboxylic acids is 2. The summed E-state index contributed by atoms with van der Waals surface area (Å²) < 4.78 is 29.6. The van der Waals surface area contributed by atoms with E-state index >= 15 is 0 Å². The second-order valence-electron chi connectivity index (χ2n) is 4.96. The van der Waals surface area contributed by atoms with Gasteiger partial charge < -0.3 is 14.2 Å². The molecule has 1 aliphatic rings. The van der Waals surface area contributed by atoms with Gasteiger partial charge in [0, 0.05) is 20.3 Å². The zero-order chi connectivity index (χ0) is 17.1. The third-order valence-corrected chi connectivity index (χ3v) is 3.18. The zero-order valence-corrected chi connectivity index (χ0v) is 12.4. The fourth-order valence-electron chi connectivity index (χ4n) is 2.23. The van der Waals surface area contributed by atoms with Gasteiger partial charge in [-0.3, -0.25) is 23.9 Å². The number of hydrogen-bond acceptors (Lipinski definition) is 7. The van der Waals surface area contributed by atoms with Crippen LogP contribution in [-0.4, -0.2) is 40.3 Å². The molecule has 0 aromatic carbocycles. The quantitative estimate of drug-likeness (QED) is 0.737. The SMILES string of the molecule is CC(=O)OC[C@H]1O[C@H](n2cc(F)c(=O)[nH]c2=O)C[C@@H]1OC(C)=O. The molecule has 0 radical (unpaired) electrons. The third kappa shape index (κ3) is 4.03. The van der Waals surface area contributed by atoms with Crippen molar-refractivity contribution >= 4 is 11.9 Å². The maximum absolute atomic E-state index is 13.4. The molecule has 1 N–H and O–H groups in total. The second kappa shape index (κ2) is 6.73. The Kier molecular flexibility index (Phi) is 4.94. The Bertz CT molecular complexity index is 726. The number of nitrogens with one attached hydrogen (secondary N) is 1. The summed E-state index contributed by atoms with van der Waals surface area (Å²) in [5.41, 5.74) is -2.01. The first-order chi connectivity index (χ1) is 10.8. The van der Waals surface area contributed by atoms with Crippen molar-refractivity contribution in [3.05, 3.63) is 32.9 Å². The number of carbonyl (C=O) groups is 2. The fraction of sp³-hybridized carbons (Fsp3) is 0.538. The van der Waals surface area contributed by atoms with Crippen molar-refractivity contribution in [1.82, 2.24) is 9.55 Å². The molecule has 1 saturated heterocycles. The molecule has 1 aliphatic heterocycles. The molecule has 1 aromatic rings. The Labute approximate surface area is 129 Å². The molecule has 2 rings (SSSR count). The molecule has 0 saturated carbocycles. The average molecular weight is 330 g/mol. The van der Waals surface area contributed by atoms with E-state index in [4.69, 9.17) is 14.2 Å². The molecule has 0 bridgehead atoms. The van der Waals surface area contributed by atoms with Crippen LogP contribution in [0.1, 0.15) is 26.5 Å². The van der Waals surface area contributed by atoms with Crippen LogP contribution in [0.4, 0.5) is 4.39 Å². The van der Waals surface area contributed by atoms with E-state index in [1.165, 1.54) is 13.8 Å². The van der Waals surface area contributed by atoms with Crippen LogP contribution in [0.15, 0.2) is 15.8 Å². The molecule has 0 amide bonds. The minimum Gasteiger partial charge on any atom is -0.463 e. The van der Waals surface area contributed by atoms with Gasteiger partial charge in [-0.2, -0.15) is 4.39 Å². The molecule has 0 unspecified atom stereocenters. The highest BCUT2D eigenvalue weighted by Gasteiger charge is 2.39. The van der Waals surface area contributed by atoms with Crippen LogP contribution in [0.3, 0.4) is 0 Å². The normalized spacial score (nSPS) is 23.5. The van der Waals surface area contributed by atoms with Gasteiger partial charge in [0.05, 0.1) is 6.20 Å². The molecule has 126 valence electrons. The summed E-state index contributed by atoms with van der Waals surface area (Å²) in [6.07, 6.45) is -1.81. The summed E-state index contributed by atoms with van der Waals surface area (Å²) >= 11 is 0. The fourth-order valence-corrected chi connectivity index (χ4v) is 2.23. The van der Waals surface area contributed by atoms with Crippen LogP contribution in [0.5, 0.6) is 0 Å². The molecule has 23 heavy (non-hydrogen) atoms. The average Bonchev–Trinajstić information content (AvgIpc) is 2.82. The number of halogens is 1. The van der Waals surface area contributed by atoms with Crippen molar-refractivity contribution in [3.63, 3.8) is 0 Å². The van der Waals surface area contributed by atoms with E-state index < -0.39 is 47.4 Å². The van der Waals surface area contributed by atoms with Crippen molar-refractivity contribution in [3.8, 4) is 0 Å². The van der Waals surface area contributed by atoms with Crippen LogP contribution in [-0.2, 0) is 23.8 Å². The lowest BCUT2D eigenvalue weighted by molar-refractivity contribution is -0.155. The molecule has 2 heterocycles. The Morgan fingerprint density at radius 2 is 2.09 bits per heavy atom. The lowest BCUT2D eigenvalue weighted by atomic mass is 10.2. The number of hydrogen-bond donors (Lipinski definition) is 1. The number of aromatic nitrogens is 2. The Balaban J connectivity index is 2.23. The van der Waals surface area contributed by atoms with E-state index in [2.05, 4.69) is 0 Å². The highest BCUT2D eigenvalue weighted by molar-refractivity contribution is 5.66. The van der Waals surface area contributed by atoms with Gasteiger partial charge in [-0.25, -0.2) is 4.79 Å². The van der Waals surface area contributed by atoms with Gasteiger partial charge in [-0.05, 0) is 0 Å². The first kappa shape index (κ1) is 16.9. The third-order valence-electron chi connectivity index (χ3n) is 3.18. The van der Waals surface area contributed by atoms with Crippen molar-refractivity contribution in [2.75, 3.05) is 6.61 Å². The Hall–Kier alpha value is -2.49. The lowest BCUT2D eigenvalue weighted by Gasteiger charge is -2.17. The molecular weight excluding hydrogens is 315 g/mol. The summed E-state index contributed by atoms with van der Waals surface area (Å²) in [5.74, 6) is -2.28. The summed E-state index contributed by atoms with van der Waals surface area (Å²) in [6.45, 7) is 2.21. The summed E-state index contributed by atoms with van der Waals surface area (Å²) in [6, 6.07) is 0. The maximum atomic E-state index is 13.4. The highest BCUT2D eigenvalue weighted by Crippen LogP contribution is 2.30. The number of rotatable bonds is 4. The number of aromatic amines is 1. The minimum atomic E-state index is -1.15. The largest absolute Gasteiger partial charge is 0.463 e. The zero-order valence-electron chi connectivity index (χ0n) is 12.4.